The molecule has 0 unspecified atom stereocenters. The predicted octanol–water partition coefficient (Wildman–Crippen LogP) is 6.42. The van der Waals surface area contributed by atoms with Crippen LogP contribution in [0.15, 0.2) is 59.5 Å². The van der Waals surface area contributed by atoms with E-state index in [0.29, 0.717) is 43.8 Å². The molecule has 4 rings (SSSR count). The van der Waals surface area contributed by atoms with Crippen molar-refractivity contribution in [1.29, 1.82) is 0 Å². The maximum atomic E-state index is 13.8. The van der Waals surface area contributed by atoms with E-state index in [9.17, 15) is 34.8 Å². The Kier molecular flexibility index (Phi) is 8.73. The molecule has 1 aliphatic heterocycles. The minimum atomic E-state index is -4.91. The van der Waals surface area contributed by atoms with E-state index in [1.807, 2.05) is 4.90 Å². The van der Waals surface area contributed by atoms with Gasteiger partial charge in [-0.1, -0.05) is 0 Å². The van der Waals surface area contributed by atoms with Gasteiger partial charge in [-0.05, 0) is 49.9 Å². The first-order chi connectivity index (χ1) is 19.6. The van der Waals surface area contributed by atoms with Crippen LogP contribution in [-0.4, -0.2) is 53.8 Å². The Bertz CT molecular complexity index is 1550. The van der Waals surface area contributed by atoms with Crippen molar-refractivity contribution in [1.82, 2.24) is 4.90 Å². The lowest BCUT2D eigenvalue weighted by molar-refractivity contribution is -0.139. The van der Waals surface area contributed by atoms with E-state index in [0.717, 1.165) is 12.1 Å². The van der Waals surface area contributed by atoms with Crippen LogP contribution < -0.4 is 23.7 Å². The fraction of sp³-hybridized carbons (Fsp3) is 0.333. The molecule has 0 bridgehead atoms. The molecule has 3 aromatic rings. The summed E-state index contributed by atoms with van der Waals surface area (Å²) in [5, 5.41) is 0. The first kappa shape index (κ1) is 31.1. The molecular weight excluding hydrogens is 594 g/mol. The zero-order valence-electron chi connectivity index (χ0n) is 22.5. The number of methoxy groups -OCH3 is 2. The number of sulfonamides is 1. The van der Waals surface area contributed by atoms with Gasteiger partial charge in [0.2, 0.25) is 0 Å². The summed E-state index contributed by atoms with van der Waals surface area (Å²) in [5.41, 5.74) is -2.64. The number of hydrogen-bond donors (Lipinski definition) is 1. The summed E-state index contributed by atoms with van der Waals surface area (Å²) in [5.74, 6) is -1.09. The van der Waals surface area contributed by atoms with E-state index in [-0.39, 0.29) is 22.9 Å². The number of hydrogen-bond acceptors (Lipinski definition) is 7. The molecule has 0 radical (unpaired) electrons. The van der Waals surface area contributed by atoms with Crippen LogP contribution in [0.25, 0.3) is 0 Å². The van der Waals surface area contributed by atoms with E-state index in [2.05, 4.69) is 4.72 Å². The van der Waals surface area contributed by atoms with E-state index >= 15 is 0 Å². The van der Waals surface area contributed by atoms with Gasteiger partial charge >= 0.3 is 12.4 Å². The Morgan fingerprint density at radius 2 is 1.45 bits per heavy atom. The lowest BCUT2D eigenvalue weighted by atomic mass is 10.1. The standard InChI is InChI=1S/C27H26F6N2O6S/c1-35-11-10-18(15-35)41-23-12-16(4-7-20(23)26(28,29)30)34-42(36,37)19-6-8-21(27(31,32)33)24(14-19)40-17-5-9-22(38-2)25(13-17)39-3/h4-9,12-14,18,34H,10-11,15H2,1-3H3/t18-/m1/s1. The Labute approximate surface area is 237 Å². The monoisotopic (exact) mass is 620 g/mol. The Morgan fingerprint density at radius 3 is 2.05 bits per heavy atom. The number of rotatable bonds is 9. The number of ether oxygens (including phenoxy) is 4. The molecule has 42 heavy (non-hydrogen) atoms. The maximum absolute atomic E-state index is 13.8. The largest absolute Gasteiger partial charge is 0.493 e. The van der Waals surface area contributed by atoms with Crippen molar-refractivity contribution in [3.8, 4) is 28.7 Å². The second-order valence-corrected chi connectivity index (χ2v) is 11.1. The van der Waals surface area contributed by atoms with E-state index in [1.165, 1.54) is 32.4 Å². The second kappa shape index (κ2) is 11.8. The smallest absolute Gasteiger partial charge is 0.419 e. The summed E-state index contributed by atoms with van der Waals surface area (Å²) >= 11 is 0. The molecule has 1 N–H and O–H groups in total. The van der Waals surface area contributed by atoms with Crippen LogP contribution in [0.4, 0.5) is 32.0 Å². The molecular formula is C27H26F6N2O6S. The van der Waals surface area contributed by atoms with Gasteiger partial charge in [0.25, 0.3) is 10.0 Å². The Morgan fingerprint density at radius 1 is 0.810 bits per heavy atom. The fourth-order valence-corrected chi connectivity index (χ4v) is 5.36. The fourth-order valence-electron chi connectivity index (χ4n) is 4.30. The molecule has 15 heteroatoms. The molecule has 3 aromatic carbocycles. The normalized spacial score (nSPS) is 16.3. The molecule has 0 aliphatic carbocycles. The van der Waals surface area contributed by atoms with Crippen molar-refractivity contribution in [3.63, 3.8) is 0 Å². The summed E-state index contributed by atoms with van der Waals surface area (Å²) < 4.78 is 132. The van der Waals surface area contributed by atoms with Crippen LogP contribution in [0, 0.1) is 0 Å². The number of nitrogens with one attached hydrogen (secondary N) is 1. The molecule has 0 aromatic heterocycles. The number of likely N-dealkylation sites (tertiary alicyclic amines) is 1. The molecule has 1 atom stereocenters. The number of likely N-dealkylation sites (N-methyl/N-ethyl adjacent to an activating group) is 1. The average Bonchev–Trinajstić information content (AvgIpc) is 3.31. The van der Waals surface area contributed by atoms with Crippen molar-refractivity contribution in [3.05, 3.63) is 65.7 Å². The maximum Gasteiger partial charge on any atom is 0.419 e. The first-order valence-electron chi connectivity index (χ1n) is 12.3. The van der Waals surface area contributed by atoms with Gasteiger partial charge in [0.05, 0.1) is 35.9 Å². The van der Waals surface area contributed by atoms with Gasteiger partial charge in [-0.3, -0.25) is 4.72 Å². The number of benzene rings is 3. The molecule has 0 amide bonds. The van der Waals surface area contributed by atoms with Crippen LogP contribution in [0.5, 0.6) is 28.7 Å². The number of nitrogens with zero attached hydrogens (tertiary/aromatic N) is 1. The number of halogens is 6. The molecule has 1 fully saturated rings. The SMILES string of the molecule is COc1ccc(Oc2cc(S(=O)(=O)Nc3ccc(C(F)(F)F)c(O[C@@H]4CCN(C)C4)c3)ccc2C(F)(F)F)cc1OC. The summed E-state index contributed by atoms with van der Waals surface area (Å²) in [6.07, 6.45) is -9.76. The molecule has 1 aliphatic rings. The zero-order chi connectivity index (χ0) is 30.9. The summed E-state index contributed by atoms with van der Waals surface area (Å²) in [6, 6.07) is 8.30. The van der Waals surface area contributed by atoms with Crippen LogP contribution in [0.2, 0.25) is 0 Å². The average molecular weight is 621 g/mol. The quantitative estimate of drug-likeness (QED) is 0.277. The van der Waals surface area contributed by atoms with Gasteiger partial charge in [-0.25, -0.2) is 8.42 Å². The van der Waals surface area contributed by atoms with E-state index in [4.69, 9.17) is 18.9 Å². The van der Waals surface area contributed by atoms with Crippen molar-refractivity contribution in [2.24, 2.45) is 0 Å². The van der Waals surface area contributed by atoms with E-state index in [1.54, 1.807) is 7.05 Å². The highest BCUT2D eigenvalue weighted by molar-refractivity contribution is 7.92. The van der Waals surface area contributed by atoms with Crippen LogP contribution in [0.3, 0.4) is 0 Å². The lowest BCUT2D eigenvalue weighted by Crippen LogP contribution is -2.23. The highest BCUT2D eigenvalue weighted by Crippen LogP contribution is 2.42. The molecule has 8 nitrogen and oxygen atoms in total. The van der Waals surface area contributed by atoms with Gasteiger partial charge in [-0.15, -0.1) is 0 Å². The first-order valence-corrected chi connectivity index (χ1v) is 13.8. The summed E-state index contributed by atoms with van der Waals surface area (Å²) in [4.78, 5) is 1.24. The zero-order valence-corrected chi connectivity index (χ0v) is 23.3. The highest BCUT2D eigenvalue weighted by atomic mass is 32.2. The Balaban J connectivity index is 1.67. The van der Waals surface area contributed by atoms with Gasteiger partial charge in [0.15, 0.2) is 11.5 Å². The molecule has 0 saturated carbocycles. The topological polar surface area (TPSA) is 86.3 Å². The number of alkyl halides is 6. The third kappa shape index (κ3) is 7.13. The van der Waals surface area contributed by atoms with Gasteiger partial charge in [0, 0.05) is 31.3 Å². The van der Waals surface area contributed by atoms with Crippen molar-refractivity contribution >= 4 is 15.7 Å². The Hall–Kier alpha value is -3.85. The molecule has 0 spiro atoms. The predicted molar refractivity (Wildman–Crippen MR) is 140 cm³/mol. The van der Waals surface area contributed by atoms with Gasteiger partial charge in [0.1, 0.15) is 23.4 Å². The minimum absolute atomic E-state index is 0.109. The third-order valence-corrected chi connectivity index (χ3v) is 7.71. The highest BCUT2D eigenvalue weighted by Gasteiger charge is 2.37. The molecule has 228 valence electrons. The van der Waals surface area contributed by atoms with Crippen LogP contribution in [0.1, 0.15) is 17.5 Å². The van der Waals surface area contributed by atoms with E-state index < -0.39 is 56.0 Å². The van der Waals surface area contributed by atoms with Gasteiger partial charge < -0.3 is 23.8 Å². The number of anilines is 1. The van der Waals surface area contributed by atoms with Crippen LogP contribution in [-0.2, 0) is 22.4 Å². The molecule has 1 heterocycles. The second-order valence-electron chi connectivity index (χ2n) is 9.38. The van der Waals surface area contributed by atoms with Crippen LogP contribution >= 0.6 is 0 Å². The summed E-state index contributed by atoms with van der Waals surface area (Å²) in [7, 11) is -0.146. The van der Waals surface area contributed by atoms with Crippen molar-refractivity contribution < 1.29 is 53.7 Å². The van der Waals surface area contributed by atoms with Gasteiger partial charge in [-0.2, -0.15) is 26.3 Å². The van der Waals surface area contributed by atoms with Crippen molar-refractivity contribution in [2.45, 2.75) is 29.8 Å². The molecule has 1 saturated heterocycles. The minimum Gasteiger partial charge on any atom is -0.493 e. The lowest BCUT2D eigenvalue weighted by Gasteiger charge is -2.20. The summed E-state index contributed by atoms with van der Waals surface area (Å²) in [6.45, 7) is 0.988. The third-order valence-electron chi connectivity index (χ3n) is 6.33. The van der Waals surface area contributed by atoms with Crippen molar-refractivity contribution in [2.75, 3.05) is 39.1 Å².